The monoisotopic (exact) mass is 1990 g/mol. The first-order valence-corrected chi connectivity index (χ1v) is 47.0. The molecular weight excluding hydrogens is 1880 g/mol. The topological polar surface area (TPSA) is 447 Å². The molecule has 718 valence electrons. The predicted molar refractivity (Wildman–Crippen MR) is 511 cm³/mol. The van der Waals surface area contributed by atoms with Crippen LogP contribution in [0.4, 0.5) is 0 Å². The lowest BCUT2D eigenvalue weighted by atomic mass is 10.0. The van der Waals surface area contributed by atoms with Crippen molar-refractivity contribution in [2.75, 3.05) is 40.6 Å². The van der Waals surface area contributed by atoms with Crippen LogP contribution in [0.25, 0.3) is 73.2 Å². The van der Waals surface area contributed by atoms with Crippen LogP contribution < -0.4 is 54.5 Å². The van der Waals surface area contributed by atoms with E-state index in [-0.39, 0.29) is 30.7 Å². The van der Waals surface area contributed by atoms with Gasteiger partial charge in [-0.2, -0.15) is 0 Å². The summed E-state index contributed by atoms with van der Waals surface area (Å²) in [5, 5.41) is 11.2. The van der Waals surface area contributed by atoms with Gasteiger partial charge in [0.05, 0.1) is 98.1 Å². The van der Waals surface area contributed by atoms with E-state index in [4.69, 9.17) is 55.9 Å². The SMILES string of the molecule is COc1ccccc1[C@H](Cn1c(=O)n(C(C)(C)C(=O)O)c(=O)c2c(C)c(-c3ncco3)sc21)OC1CCOCC1.COc1ccccc1[C@H](Cn1c(=O)n(C(C)(C)C(=O)OC(C)(C)C)c(=O)c2c(C)c(-c3ncco3)sc21)OC1CCOCC1.Cc1c(-c2ncco2)sc2[nH]c(=O)n(C(C)(C)C(=O)OC(C)(C)C)c(=O)c12.Cc1c(Br)sc2[nH]c(=O)n(C(C)(C)C(=O)OC(C)(C)C)c(=O)c12. The fourth-order valence-corrected chi connectivity index (χ4v) is 20.5. The van der Waals surface area contributed by atoms with Gasteiger partial charge in [-0.15, -0.1) is 45.3 Å². The number of carboxylic acid groups (broad SMARTS) is 1. The van der Waals surface area contributed by atoms with Crippen molar-refractivity contribution < 1.29 is 80.2 Å². The second-order valence-corrected chi connectivity index (χ2v) is 42.4. The van der Waals surface area contributed by atoms with Gasteiger partial charge < -0.3 is 61.0 Å². The molecular formula is C93H110BrN11O25S4. The highest BCUT2D eigenvalue weighted by molar-refractivity contribution is 9.11. The molecule has 0 saturated carbocycles. The zero-order valence-electron chi connectivity index (χ0n) is 78.7. The molecule has 2 aliphatic rings. The van der Waals surface area contributed by atoms with Crippen LogP contribution in [0.15, 0.2) is 141 Å². The molecule has 0 spiro atoms. The van der Waals surface area contributed by atoms with E-state index in [2.05, 4.69) is 40.8 Å². The summed E-state index contributed by atoms with van der Waals surface area (Å²) in [5.41, 5.74) is -9.69. The summed E-state index contributed by atoms with van der Waals surface area (Å²) in [4.78, 5) is 180. The minimum Gasteiger partial charge on any atom is -0.496 e. The molecule has 0 aliphatic carbocycles. The van der Waals surface area contributed by atoms with Crippen molar-refractivity contribution >= 4 is 126 Å². The number of methoxy groups -OCH3 is 2. The number of oxazole rings is 3. The van der Waals surface area contributed by atoms with Crippen molar-refractivity contribution in [3.63, 3.8) is 0 Å². The Morgan fingerprint density at radius 3 is 1.10 bits per heavy atom. The van der Waals surface area contributed by atoms with E-state index in [0.29, 0.717) is 148 Å². The number of carbonyl (C=O) groups excluding carboxylic acids is 3. The van der Waals surface area contributed by atoms with E-state index < -0.39 is 120 Å². The highest BCUT2D eigenvalue weighted by Crippen LogP contribution is 2.43. The molecule has 36 nitrogen and oxygen atoms in total. The Kier molecular flexibility index (Phi) is 30.1. The minimum absolute atomic E-state index is 0.00796. The number of halogens is 1. The summed E-state index contributed by atoms with van der Waals surface area (Å²) in [6.45, 7) is 36.7. The van der Waals surface area contributed by atoms with Crippen LogP contribution in [0, 0.1) is 27.7 Å². The quantitative estimate of drug-likeness (QED) is 0.0395. The molecule has 11 aromatic heterocycles. The summed E-state index contributed by atoms with van der Waals surface area (Å²) in [6.07, 6.45) is 10.1. The molecule has 2 saturated heterocycles. The molecule has 3 N–H and O–H groups in total. The number of aliphatic carboxylic acids is 1. The number of aryl methyl sites for hydroxylation is 4. The zero-order valence-corrected chi connectivity index (χ0v) is 83.6. The molecule has 0 amide bonds. The Morgan fingerprint density at radius 1 is 0.448 bits per heavy atom. The average Bonchev–Trinajstić information content (AvgIpc) is 1.24. The first-order valence-electron chi connectivity index (χ1n) is 42.9. The number of ether oxygens (including phenoxy) is 9. The van der Waals surface area contributed by atoms with Crippen LogP contribution in [0.5, 0.6) is 11.5 Å². The molecule has 2 fully saturated rings. The van der Waals surface area contributed by atoms with Crippen molar-refractivity contribution in [3.05, 3.63) is 206 Å². The van der Waals surface area contributed by atoms with Crippen LogP contribution in [0.1, 0.15) is 189 Å². The lowest BCUT2D eigenvalue weighted by Gasteiger charge is -2.31. The summed E-state index contributed by atoms with van der Waals surface area (Å²) in [7, 11) is 3.15. The number of aromatic amines is 2. The van der Waals surface area contributed by atoms with Crippen molar-refractivity contribution in [1.29, 1.82) is 0 Å². The third-order valence-electron chi connectivity index (χ3n) is 22.4. The molecule has 2 aliphatic heterocycles. The first-order chi connectivity index (χ1) is 62.8. The zero-order chi connectivity index (χ0) is 98.3. The normalized spacial score (nSPS) is 14.4. The van der Waals surface area contributed by atoms with E-state index in [1.165, 1.54) is 147 Å². The molecule has 13 heterocycles. The van der Waals surface area contributed by atoms with Crippen molar-refractivity contribution in [2.45, 2.75) is 248 Å². The molecule has 0 bridgehead atoms. The van der Waals surface area contributed by atoms with Crippen LogP contribution in [-0.4, -0.2) is 151 Å². The lowest BCUT2D eigenvalue weighted by molar-refractivity contribution is -0.165. The number of fused-ring (bicyclic) bond motifs is 4. The van der Waals surface area contributed by atoms with Gasteiger partial charge in [0.2, 0.25) is 17.7 Å². The summed E-state index contributed by atoms with van der Waals surface area (Å²) in [6, 6.07) is 14.9. The number of nitrogens with zero attached hydrogens (tertiary/aromatic N) is 9. The van der Waals surface area contributed by atoms with Crippen molar-refractivity contribution in [2.24, 2.45) is 0 Å². The molecule has 15 rings (SSSR count). The fraction of sp³-hybridized carbons (Fsp3) is 0.473. The van der Waals surface area contributed by atoms with Crippen LogP contribution in [0.3, 0.4) is 0 Å². The number of H-pyrrole nitrogens is 2. The Balaban J connectivity index is 0.000000166. The number of carbonyl (C=O) groups is 4. The predicted octanol–water partition coefficient (Wildman–Crippen LogP) is 14.9. The number of hydrogen-bond acceptors (Lipinski definition) is 31. The fourth-order valence-electron chi connectivity index (χ4n) is 15.3. The average molecular weight is 1990 g/mol. The minimum atomic E-state index is -1.82. The summed E-state index contributed by atoms with van der Waals surface area (Å²) in [5.74, 6) is -1.10. The van der Waals surface area contributed by atoms with Gasteiger partial charge in [-0.05, 0) is 221 Å². The maximum absolute atomic E-state index is 14.5. The van der Waals surface area contributed by atoms with Gasteiger partial charge in [-0.3, -0.25) is 38.3 Å². The van der Waals surface area contributed by atoms with E-state index in [1.54, 1.807) is 104 Å². The lowest BCUT2D eigenvalue weighted by Crippen LogP contribution is -2.54. The van der Waals surface area contributed by atoms with Gasteiger partial charge in [0.15, 0.2) is 0 Å². The highest BCUT2D eigenvalue weighted by atomic mass is 79.9. The Morgan fingerprint density at radius 2 is 0.761 bits per heavy atom. The Labute approximate surface area is 791 Å². The first kappa shape index (κ1) is 101. The van der Waals surface area contributed by atoms with Gasteiger partial charge in [0.25, 0.3) is 22.2 Å². The molecule has 0 radical (unpaired) electrons. The second kappa shape index (κ2) is 39.8. The van der Waals surface area contributed by atoms with E-state index in [0.717, 1.165) is 38.7 Å². The second-order valence-electron chi connectivity index (χ2n) is 37.1. The molecule has 2 atom stereocenters. The Hall–Kier alpha value is -11.6. The van der Waals surface area contributed by atoms with Crippen molar-refractivity contribution in [1.82, 2.24) is 52.3 Å². The maximum Gasteiger partial charge on any atom is 0.333 e. The highest BCUT2D eigenvalue weighted by Gasteiger charge is 2.44. The number of aromatic nitrogens is 11. The van der Waals surface area contributed by atoms with Gasteiger partial charge in [0.1, 0.15) is 101 Å². The number of esters is 3. The van der Waals surface area contributed by atoms with Crippen LogP contribution >= 0.6 is 61.3 Å². The van der Waals surface area contributed by atoms with Crippen molar-refractivity contribution in [3.8, 4) is 43.8 Å². The number of carboxylic acids is 1. The van der Waals surface area contributed by atoms with E-state index in [1.807, 2.05) is 48.5 Å². The van der Waals surface area contributed by atoms with E-state index in [9.17, 15) is 62.6 Å². The number of thiophene rings is 4. The number of nitrogens with one attached hydrogen (secondary N) is 2. The molecule has 41 heteroatoms. The number of hydrogen-bond donors (Lipinski definition) is 3. The van der Waals surface area contributed by atoms with Gasteiger partial charge in [-0.25, -0.2) is 71.6 Å². The largest absolute Gasteiger partial charge is 0.496 e. The van der Waals surface area contributed by atoms with Crippen LogP contribution in [0.2, 0.25) is 0 Å². The van der Waals surface area contributed by atoms with Gasteiger partial charge >= 0.3 is 46.6 Å². The molecule has 0 unspecified atom stereocenters. The number of benzene rings is 2. The van der Waals surface area contributed by atoms with Gasteiger partial charge in [-0.1, -0.05) is 36.4 Å². The standard InChI is InChI=1S/C32H39N3O8S.C28H31N3O8S.C18H21N3O5S.C15H19BrN2O4S/c1-19-24-27(36)35(32(5,6)29(37)43-31(2,3)4)30(38)34(28(24)44-25(19)26-33-14-17-41-26)18-23(42-20-12-15-40-16-13-20)21-10-8-9-11-22(21)39-7;1-16-21-24(32)31(28(2,3)26(33)34)27(35)30(25(21)40-22(16)23-29-11-14-38-23)15-20(39-17-9-12-37-13-10-17)18-7-5-6-8-19(18)36-4;1-9-10-13(27-11(9)12-19-7-8-25-12)20-16(24)21(14(10)22)18(5,6)15(23)26-17(2,3)4;1-7-8-10(23-9(7)16)17-13(21)18(11(8)19)15(5,6)12(20)22-14(2,3)4/h8-11,14,17,20,23H,12-13,15-16,18H2,1-7H3;5-8,11,14,17,20H,9-10,12-13,15H2,1-4H3,(H,33,34);7-8H,1-6H3,(H,20,24);1-6H3,(H,17,21)/t23-;20-;;/m00../s1. The summed E-state index contributed by atoms with van der Waals surface area (Å²) < 4.78 is 75.8. The number of rotatable bonds is 23. The third kappa shape index (κ3) is 20.9. The summed E-state index contributed by atoms with van der Waals surface area (Å²) >= 11 is 8.29. The third-order valence-corrected chi connectivity index (χ3v) is 28.3. The molecule has 134 heavy (non-hydrogen) atoms. The Bertz CT molecular complexity index is 7080. The maximum atomic E-state index is 14.5. The molecule has 2 aromatic carbocycles. The van der Waals surface area contributed by atoms with Crippen LogP contribution in [-0.2, 0) is 87.6 Å². The molecule has 13 aromatic rings. The smallest absolute Gasteiger partial charge is 0.333 e. The number of para-hydroxylation sites is 2. The van der Waals surface area contributed by atoms with Gasteiger partial charge in [0, 0.05) is 37.6 Å². The van der Waals surface area contributed by atoms with E-state index >= 15 is 0 Å².